The van der Waals surface area contributed by atoms with Gasteiger partial charge in [0.05, 0.1) is 28.5 Å². The maximum Gasteiger partial charge on any atom is 0.202 e. The summed E-state index contributed by atoms with van der Waals surface area (Å²) in [5.74, 6) is -0.0627. The van der Waals surface area contributed by atoms with Gasteiger partial charge in [-0.05, 0) is 83.2 Å². The lowest BCUT2D eigenvalue weighted by atomic mass is 9.97. The van der Waals surface area contributed by atoms with Crippen LogP contribution < -0.4 is 4.90 Å². The molecule has 0 N–H and O–H groups in total. The molecule has 0 bridgehead atoms. The van der Waals surface area contributed by atoms with Crippen LogP contribution in [0.2, 0.25) is 0 Å². The predicted molar refractivity (Wildman–Crippen MR) is 153 cm³/mol. The number of nitrogens with zero attached hydrogens (tertiary/aromatic N) is 5. The fraction of sp³-hybridized carbons (Fsp3) is 0.433. The van der Waals surface area contributed by atoms with Gasteiger partial charge in [0.2, 0.25) is 5.78 Å². The van der Waals surface area contributed by atoms with Crippen molar-refractivity contribution in [3.05, 3.63) is 65.9 Å². The number of carbonyl (C=O) groups excluding carboxylic acids is 1. The van der Waals surface area contributed by atoms with Crippen LogP contribution in [-0.2, 0) is 4.79 Å². The van der Waals surface area contributed by atoms with Crippen molar-refractivity contribution in [1.29, 1.82) is 0 Å². The summed E-state index contributed by atoms with van der Waals surface area (Å²) in [5, 5.41) is 0. The van der Waals surface area contributed by atoms with E-state index in [4.69, 9.17) is 9.98 Å². The first-order chi connectivity index (χ1) is 17.1. The third-order valence-corrected chi connectivity index (χ3v) is 6.63. The first-order valence-electron chi connectivity index (χ1n) is 12.9. The maximum absolute atomic E-state index is 12.9. The zero-order valence-corrected chi connectivity index (χ0v) is 23.1. The van der Waals surface area contributed by atoms with Crippen LogP contribution in [-0.4, -0.2) is 67.8 Å². The van der Waals surface area contributed by atoms with Gasteiger partial charge in [-0.25, -0.2) is 4.99 Å². The number of allylic oxidation sites excluding steroid dienone is 2. The van der Waals surface area contributed by atoms with Crippen LogP contribution in [0.1, 0.15) is 52.1 Å². The molecule has 3 rings (SSSR count). The average Bonchev–Trinajstić information content (AvgIpc) is 2.83. The number of anilines is 1. The Bertz CT molecular complexity index is 1120. The van der Waals surface area contributed by atoms with E-state index in [-0.39, 0.29) is 5.78 Å². The Hall–Kier alpha value is -3.25. The molecule has 1 aliphatic carbocycles. The number of rotatable bonds is 9. The molecule has 0 saturated heterocycles. The van der Waals surface area contributed by atoms with E-state index in [0.717, 1.165) is 35.7 Å². The Balaban J connectivity index is 1.90. The van der Waals surface area contributed by atoms with Crippen LogP contribution in [0.15, 0.2) is 70.3 Å². The van der Waals surface area contributed by atoms with Crippen molar-refractivity contribution in [3.8, 4) is 0 Å². The molecule has 1 atom stereocenters. The second-order valence-corrected chi connectivity index (χ2v) is 9.96. The van der Waals surface area contributed by atoms with E-state index in [1.54, 1.807) is 6.08 Å². The third kappa shape index (κ3) is 6.49. The molecule has 1 unspecified atom stereocenters. The number of aliphatic imine (C=N–C) groups is 2. The van der Waals surface area contributed by atoms with Gasteiger partial charge in [-0.1, -0.05) is 19.1 Å². The van der Waals surface area contributed by atoms with Crippen molar-refractivity contribution in [3.63, 3.8) is 0 Å². The fourth-order valence-corrected chi connectivity index (χ4v) is 4.75. The molecular formula is C30H41N5O. The molecule has 0 amide bonds. The van der Waals surface area contributed by atoms with Crippen molar-refractivity contribution in [2.75, 3.05) is 39.6 Å². The summed E-state index contributed by atoms with van der Waals surface area (Å²) in [5.41, 5.74) is 6.28. The van der Waals surface area contributed by atoms with Gasteiger partial charge < -0.3 is 14.7 Å². The van der Waals surface area contributed by atoms with Crippen LogP contribution in [0.25, 0.3) is 0 Å². The molecule has 0 heterocycles. The lowest BCUT2D eigenvalue weighted by Gasteiger charge is -2.27. The van der Waals surface area contributed by atoms with E-state index < -0.39 is 0 Å². The van der Waals surface area contributed by atoms with Crippen molar-refractivity contribution in [1.82, 2.24) is 9.80 Å². The van der Waals surface area contributed by atoms with E-state index >= 15 is 0 Å². The number of benzene rings is 2. The zero-order valence-electron chi connectivity index (χ0n) is 23.1. The lowest BCUT2D eigenvalue weighted by molar-refractivity contribution is -0.109. The monoisotopic (exact) mass is 487 g/mol. The summed E-state index contributed by atoms with van der Waals surface area (Å²) in [4.78, 5) is 29.1. The highest BCUT2D eigenvalue weighted by atomic mass is 16.1. The lowest BCUT2D eigenvalue weighted by Crippen LogP contribution is -2.30. The summed E-state index contributed by atoms with van der Waals surface area (Å²) < 4.78 is 0. The van der Waals surface area contributed by atoms with Gasteiger partial charge in [0, 0.05) is 50.9 Å². The Morgan fingerprint density at radius 2 is 1.39 bits per heavy atom. The average molecular weight is 488 g/mol. The third-order valence-electron chi connectivity index (χ3n) is 6.63. The largest absolute Gasteiger partial charge is 0.376 e. The van der Waals surface area contributed by atoms with Crippen LogP contribution in [0, 0.1) is 0 Å². The number of hydrogen-bond donors (Lipinski definition) is 0. The predicted octanol–water partition coefficient (Wildman–Crippen LogP) is 6.20. The highest BCUT2D eigenvalue weighted by molar-refractivity contribution is 6.50. The first kappa shape index (κ1) is 27.3. The van der Waals surface area contributed by atoms with Gasteiger partial charge in [-0.15, -0.1) is 0 Å². The Morgan fingerprint density at radius 3 is 1.86 bits per heavy atom. The summed E-state index contributed by atoms with van der Waals surface area (Å²) in [6.07, 6.45) is 3.08. The number of hydrogen-bond acceptors (Lipinski definition) is 6. The van der Waals surface area contributed by atoms with E-state index in [0.29, 0.717) is 24.2 Å². The first-order valence-corrected chi connectivity index (χ1v) is 12.9. The molecule has 1 aliphatic rings. The quantitative estimate of drug-likeness (QED) is 0.423. The molecule has 2 aromatic carbocycles. The van der Waals surface area contributed by atoms with Gasteiger partial charge in [-0.2, -0.15) is 0 Å². The van der Waals surface area contributed by atoms with Gasteiger partial charge in [0.25, 0.3) is 0 Å². The Kier molecular flexibility index (Phi) is 9.21. The van der Waals surface area contributed by atoms with E-state index in [1.807, 2.05) is 43.3 Å². The second kappa shape index (κ2) is 12.1. The topological polar surface area (TPSA) is 51.5 Å². The molecule has 0 fully saturated rings. The van der Waals surface area contributed by atoms with Gasteiger partial charge in [0.15, 0.2) is 0 Å². The molecule has 0 saturated carbocycles. The molecule has 36 heavy (non-hydrogen) atoms. The SMILES string of the molecule is CCC(c1ccc(N=C2CC(=Nc3ccc(N(CC)C(C)C)cc3)C(N(C)C)=CC2=O)cc1)N(C)C. The number of ketones is 1. The fourth-order valence-electron chi connectivity index (χ4n) is 4.75. The normalized spacial score (nSPS) is 17.2. The summed E-state index contributed by atoms with van der Waals surface area (Å²) in [6, 6.07) is 17.3. The van der Waals surface area contributed by atoms with E-state index in [9.17, 15) is 4.79 Å². The molecule has 6 nitrogen and oxygen atoms in total. The van der Waals surface area contributed by atoms with Crippen LogP contribution in [0.3, 0.4) is 0 Å². The zero-order chi connectivity index (χ0) is 26.4. The van der Waals surface area contributed by atoms with E-state index in [2.05, 4.69) is 75.9 Å². The standard InChI is InChI=1S/C30H41N5O/c1-9-28(33(5)6)22-11-13-23(14-12-22)32-27-19-26(29(34(7)8)20-30(27)36)31-24-15-17-25(18-16-24)35(10-2)21(3)4/h11-18,20-21,28H,9-10,19H2,1-8H3. The number of carbonyl (C=O) groups is 1. The van der Waals surface area contributed by atoms with Crippen molar-refractivity contribution < 1.29 is 4.79 Å². The summed E-state index contributed by atoms with van der Waals surface area (Å²) in [7, 11) is 8.07. The van der Waals surface area contributed by atoms with Gasteiger partial charge in [-0.3, -0.25) is 9.79 Å². The Morgan fingerprint density at radius 1 is 0.833 bits per heavy atom. The van der Waals surface area contributed by atoms with Gasteiger partial charge in [0.1, 0.15) is 0 Å². The minimum Gasteiger partial charge on any atom is -0.376 e. The molecule has 0 aliphatic heterocycles. The summed E-state index contributed by atoms with van der Waals surface area (Å²) >= 11 is 0. The van der Waals surface area contributed by atoms with Crippen molar-refractivity contribution in [2.45, 2.75) is 52.6 Å². The van der Waals surface area contributed by atoms with Crippen molar-refractivity contribution in [2.24, 2.45) is 9.98 Å². The van der Waals surface area contributed by atoms with Gasteiger partial charge >= 0.3 is 0 Å². The molecule has 0 radical (unpaired) electrons. The van der Waals surface area contributed by atoms with Crippen LogP contribution in [0.5, 0.6) is 0 Å². The summed E-state index contributed by atoms with van der Waals surface area (Å²) in [6.45, 7) is 9.70. The van der Waals surface area contributed by atoms with Crippen molar-refractivity contribution >= 4 is 34.3 Å². The molecule has 2 aromatic rings. The highest BCUT2D eigenvalue weighted by Gasteiger charge is 2.24. The smallest absolute Gasteiger partial charge is 0.202 e. The second-order valence-electron chi connectivity index (χ2n) is 9.96. The molecule has 6 heteroatoms. The highest BCUT2D eigenvalue weighted by Crippen LogP contribution is 2.27. The Labute approximate surface area is 217 Å². The van der Waals surface area contributed by atoms with Crippen LogP contribution in [0.4, 0.5) is 17.1 Å². The minimum atomic E-state index is -0.0627. The minimum absolute atomic E-state index is 0.0627. The molecule has 0 spiro atoms. The van der Waals surface area contributed by atoms with Crippen LogP contribution >= 0.6 is 0 Å². The molecule has 192 valence electrons. The molecule has 0 aromatic heterocycles. The molecular weight excluding hydrogens is 446 g/mol. The maximum atomic E-state index is 12.9. The van der Waals surface area contributed by atoms with E-state index in [1.165, 1.54) is 11.3 Å².